The lowest BCUT2D eigenvalue weighted by atomic mass is 10.0. The van der Waals surface area contributed by atoms with Gasteiger partial charge in [-0.25, -0.2) is 0 Å². The second-order valence-corrected chi connectivity index (χ2v) is 7.11. The third-order valence-corrected chi connectivity index (χ3v) is 5.74. The first-order chi connectivity index (χ1) is 9.90. The molecule has 0 bridgehead atoms. The molecule has 112 valence electrons. The number of nitrogens with zero attached hydrogens (tertiary/aromatic N) is 2. The minimum atomic E-state index is 0.767. The van der Waals surface area contributed by atoms with E-state index in [4.69, 9.17) is 4.74 Å². The fraction of sp³-hybridized carbons (Fsp3) is 0.867. The second kappa shape index (κ2) is 6.96. The van der Waals surface area contributed by atoms with Crippen molar-refractivity contribution in [1.82, 2.24) is 15.5 Å². The number of hydrogen-bond donors (Lipinski definition) is 1. The summed E-state index contributed by atoms with van der Waals surface area (Å²) >= 11 is 1.86. The SMILES string of the molecule is COCCNCCCc1nnc(C2C3CCCCC32)s1. The molecule has 2 fully saturated rings. The number of hydrogen-bond acceptors (Lipinski definition) is 5. The third kappa shape index (κ3) is 3.38. The highest BCUT2D eigenvalue weighted by atomic mass is 32.1. The lowest BCUT2D eigenvalue weighted by molar-refractivity contribution is 0.199. The van der Waals surface area contributed by atoms with Gasteiger partial charge in [0.2, 0.25) is 0 Å². The molecule has 0 radical (unpaired) electrons. The fourth-order valence-corrected chi connectivity index (χ4v) is 4.66. The maximum Gasteiger partial charge on any atom is 0.121 e. The van der Waals surface area contributed by atoms with E-state index in [-0.39, 0.29) is 0 Å². The molecule has 0 spiro atoms. The van der Waals surface area contributed by atoms with Crippen molar-refractivity contribution in [2.45, 2.75) is 44.4 Å². The van der Waals surface area contributed by atoms with Crippen molar-refractivity contribution in [1.29, 1.82) is 0 Å². The molecule has 2 aliphatic rings. The Morgan fingerprint density at radius 2 is 2.00 bits per heavy atom. The van der Waals surface area contributed by atoms with E-state index < -0.39 is 0 Å². The van der Waals surface area contributed by atoms with E-state index in [0.29, 0.717) is 0 Å². The smallest absolute Gasteiger partial charge is 0.121 e. The molecule has 1 aromatic heterocycles. The van der Waals surface area contributed by atoms with Gasteiger partial charge in [0.05, 0.1) is 6.61 Å². The van der Waals surface area contributed by atoms with E-state index in [1.54, 1.807) is 7.11 Å². The maximum absolute atomic E-state index is 5.01. The molecule has 2 aliphatic carbocycles. The number of aryl methyl sites for hydroxylation is 1. The van der Waals surface area contributed by atoms with Crippen LogP contribution in [0, 0.1) is 11.8 Å². The van der Waals surface area contributed by atoms with Gasteiger partial charge in [0.15, 0.2) is 0 Å². The molecule has 4 nitrogen and oxygen atoms in total. The van der Waals surface area contributed by atoms with Crippen LogP contribution in [0.2, 0.25) is 0 Å². The van der Waals surface area contributed by atoms with Crippen molar-refractivity contribution in [3.63, 3.8) is 0 Å². The summed E-state index contributed by atoms with van der Waals surface area (Å²) in [5.74, 6) is 2.66. The number of rotatable bonds is 8. The monoisotopic (exact) mass is 295 g/mol. The number of ether oxygens (including phenoxy) is 1. The summed E-state index contributed by atoms with van der Waals surface area (Å²) in [5, 5.41) is 14.8. The topological polar surface area (TPSA) is 47.0 Å². The van der Waals surface area contributed by atoms with Crippen LogP contribution in [0.25, 0.3) is 0 Å². The van der Waals surface area contributed by atoms with Crippen LogP contribution in [0.15, 0.2) is 0 Å². The molecule has 20 heavy (non-hydrogen) atoms. The summed E-state index contributed by atoms with van der Waals surface area (Å²) in [7, 11) is 1.74. The molecular weight excluding hydrogens is 270 g/mol. The van der Waals surface area contributed by atoms with E-state index in [9.17, 15) is 0 Å². The van der Waals surface area contributed by atoms with Crippen molar-refractivity contribution in [2.75, 3.05) is 26.8 Å². The molecule has 2 saturated carbocycles. The summed E-state index contributed by atoms with van der Waals surface area (Å²) in [6.45, 7) is 2.75. The zero-order valence-corrected chi connectivity index (χ0v) is 13.1. The number of aromatic nitrogens is 2. The van der Waals surface area contributed by atoms with Crippen molar-refractivity contribution in [3.05, 3.63) is 10.0 Å². The highest BCUT2D eigenvalue weighted by Gasteiger charge is 2.52. The predicted molar refractivity (Wildman–Crippen MR) is 81.2 cm³/mol. The first kappa shape index (κ1) is 14.4. The van der Waals surface area contributed by atoms with Crippen LogP contribution >= 0.6 is 11.3 Å². The molecule has 0 saturated heterocycles. The van der Waals surface area contributed by atoms with Crippen molar-refractivity contribution >= 4 is 11.3 Å². The zero-order chi connectivity index (χ0) is 13.8. The molecule has 0 aliphatic heterocycles. The lowest BCUT2D eigenvalue weighted by Crippen LogP contribution is -2.20. The van der Waals surface area contributed by atoms with E-state index in [1.165, 1.54) is 35.7 Å². The Kier molecular flexibility index (Phi) is 5.02. The third-order valence-electron chi connectivity index (χ3n) is 4.65. The zero-order valence-electron chi connectivity index (χ0n) is 12.3. The number of fused-ring (bicyclic) bond motifs is 1. The van der Waals surface area contributed by atoms with Crippen molar-refractivity contribution < 1.29 is 4.74 Å². The fourth-order valence-electron chi connectivity index (χ4n) is 3.52. The minimum absolute atomic E-state index is 0.767. The average molecular weight is 295 g/mol. The van der Waals surface area contributed by atoms with Crippen LogP contribution in [0.5, 0.6) is 0 Å². The summed E-state index contributed by atoms with van der Waals surface area (Å²) in [5.41, 5.74) is 0. The molecule has 1 aromatic rings. The van der Waals surface area contributed by atoms with Crippen LogP contribution < -0.4 is 5.32 Å². The van der Waals surface area contributed by atoms with Gasteiger partial charge < -0.3 is 10.1 Å². The van der Waals surface area contributed by atoms with Crippen molar-refractivity contribution in [3.8, 4) is 0 Å². The number of nitrogens with one attached hydrogen (secondary N) is 1. The Hall–Kier alpha value is -0.520. The first-order valence-corrected chi connectivity index (χ1v) is 8.73. The summed E-state index contributed by atoms with van der Waals surface area (Å²) in [4.78, 5) is 0. The van der Waals surface area contributed by atoms with E-state index in [0.717, 1.165) is 50.3 Å². The molecule has 5 heteroatoms. The van der Waals surface area contributed by atoms with E-state index in [2.05, 4.69) is 15.5 Å². The maximum atomic E-state index is 5.01. The van der Waals surface area contributed by atoms with Crippen molar-refractivity contribution in [2.24, 2.45) is 11.8 Å². The van der Waals surface area contributed by atoms with Crippen LogP contribution in [0.1, 0.15) is 48.0 Å². The summed E-state index contributed by atoms with van der Waals surface area (Å²) in [6.07, 6.45) is 7.89. The second-order valence-electron chi connectivity index (χ2n) is 6.02. The molecule has 2 atom stereocenters. The largest absolute Gasteiger partial charge is 0.383 e. The van der Waals surface area contributed by atoms with Gasteiger partial charge in [-0.15, -0.1) is 21.5 Å². The normalized spacial score (nSPS) is 28.4. The lowest BCUT2D eigenvalue weighted by Gasteiger charge is -2.04. The summed E-state index contributed by atoms with van der Waals surface area (Å²) in [6, 6.07) is 0. The van der Waals surface area contributed by atoms with Crippen LogP contribution in [0.3, 0.4) is 0 Å². The predicted octanol–water partition coefficient (Wildman–Crippen LogP) is 2.61. The molecule has 3 rings (SSSR count). The van der Waals surface area contributed by atoms with Crippen LogP contribution in [0.4, 0.5) is 0 Å². The van der Waals surface area contributed by atoms with Crippen LogP contribution in [-0.4, -0.2) is 37.0 Å². The Balaban J connectivity index is 1.39. The molecule has 0 aromatic carbocycles. The minimum Gasteiger partial charge on any atom is -0.383 e. The molecular formula is C15H25N3OS. The van der Waals surface area contributed by atoms with Gasteiger partial charge in [-0.05, 0) is 37.6 Å². The standard InChI is InChI=1S/C15H25N3OS/c1-19-10-9-16-8-4-7-13-17-18-15(20-13)14-11-5-2-3-6-12(11)14/h11-12,14,16H,2-10H2,1H3. The van der Waals surface area contributed by atoms with Gasteiger partial charge in [-0.2, -0.15) is 0 Å². The quantitative estimate of drug-likeness (QED) is 0.749. The van der Waals surface area contributed by atoms with E-state index in [1.807, 2.05) is 11.3 Å². The Morgan fingerprint density at radius 3 is 2.75 bits per heavy atom. The molecule has 2 unspecified atom stereocenters. The van der Waals surface area contributed by atoms with E-state index >= 15 is 0 Å². The van der Waals surface area contributed by atoms with Gasteiger partial charge in [0.1, 0.15) is 10.0 Å². The highest BCUT2D eigenvalue weighted by molar-refractivity contribution is 7.11. The Labute approximate surface area is 125 Å². The van der Waals surface area contributed by atoms with Gasteiger partial charge >= 0.3 is 0 Å². The molecule has 1 N–H and O–H groups in total. The average Bonchev–Trinajstić information content (AvgIpc) is 3.03. The van der Waals surface area contributed by atoms with Gasteiger partial charge in [-0.1, -0.05) is 12.8 Å². The van der Waals surface area contributed by atoms with Gasteiger partial charge in [-0.3, -0.25) is 0 Å². The first-order valence-electron chi connectivity index (χ1n) is 7.92. The Bertz CT molecular complexity index is 411. The molecule has 1 heterocycles. The van der Waals surface area contributed by atoms with Gasteiger partial charge in [0.25, 0.3) is 0 Å². The summed E-state index contributed by atoms with van der Waals surface area (Å²) < 4.78 is 5.01. The Morgan fingerprint density at radius 1 is 1.20 bits per heavy atom. The van der Waals surface area contributed by atoms with Gasteiger partial charge in [0, 0.05) is 26.0 Å². The molecule has 0 amide bonds. The van der Waals surface area contributed by atoms with Crippen LogP contribution in [-0.2, 0) is 11.2 Å². The number of methoxy groups -OCH3 is 1. The highest BCUT2D eigenvalue weighted by Crippen LogP contribution is 2.61.